The first-order valence-electron chi connectivity index (χ1n) is 13.4. The van der Waals surface area contributed by atoms with Crippen molar-refractivity contribution in [3.05, 3.63) is 96.1 Å². The predicted molar refractivity (Wildman–Crippen MR) is 155 cm³/mol. The third-order valence-corrected chi connectivity index (χ3v) is 5.48. The van der Waals surface area contributed by atoms with Gasteiger partial charge in [0.05, 0.1) is 6.04 Å². The Hall–Kier alpha value is -4.60. The lowest BCUT2D eigenvalue weighted by Crippen LogP contribution is -2.51. The summed E-state index contributed by atoms with van der Waals surface area (Å²) in [7, 11) is 0. The van der Waals surface area contributed by atoms with Gasteiger partial charge in [0.2, 0.25) is 5.91 Å². The normalized spacial score (nSPS) is 12.9. The van der Waals surface area contributed by atoms with Gasteiger partial charge in [0.15, 0.2) is 0 Å². The quantitative estimate of drug-likeness (QED) is 0.150. The van der Waals surface area contributed by atoms with Gasteiger partial charge in [-0.25, -0.2) is 14.4 Å². The summed E-state index contributed by atoms with van der Waals surface area (Å²) in [5.41, 5.74) is 1.06. The van der Waals surface area contributed by atoms with Crippen LogP contribution in [0.4, 0.5) is 9.59 Å². The first-order chi connectivity index (χ1) is 19.5. The Morgan fingerprint density at radius 2 is 1.51 bits per heavy atom. The van der Waals surface area contributed by atoms with Crippen molar-refractivity contribution in [2.45, 2.75) is 64.3 Å². The highest BCUT2D eigenvalue weighted by molar-refractivity contribution is 5.86. The smallest absolute Gasteiger partial charge is 0.408 e. The van der Waals surface area contributed by atoms with E-state index in [1.165, 1.54) is 6.08 Å². The van der Waals surface area contributed by atoms with Crippen molar-refractivity contribution in [1.82, 2.24) is 16.0 Å². The molecule has 2 aromatic carbocycles. The molecular formula is C31H39N3O7. The molecule has 10 heteroatoms. The molecule has 2 aromatic rings. The lowest BCUT2D eigenvalue weighted by Gasteiger charge is -2.25. The maximum Gasteiger partial charge on any atom is 0.408 e. The first kappa shape index (κ1) is 32.6. The van der Waals surface area contributed by atoms with Gasteiger partial charge in [-0.15, -0.1) is 0 Å². The van der Waals surface area contributed by atoms with E-state index in [0.717, 1.165) is 17.2 Å². The first-order valence-corrected chi connectivity index (χ1v) is 13.4. The van der Waals surface area contributed by atoms with E-state index in [1.54, 1.807) is 32.9 Å². The van der Waals surface area contributed by atoms with Crippen LogP contribution in [0.2, 0.25) is 0 Å². The second kappa shape index (κ2) is 17.2. The summed E-state index contributed by atoms with van der Waals surface area (Å²) in [4.78, 5) is 48.7. The number of carboxylic acid groups (broad SMARTS) is 1. The SMILES string of the molecule is CC(C)(C)OC(=O)NC(CCCNC(=O)OCc1ccccc1)C(=O)NC(C=CC=CC(=O)O)Cc1ccccc1. The zero-order chi connectivity index (χ0) is 30.1. The number of alkyl carbamates (subject to hydrolysis) is 2. The molecule has 0 spiro atoms. The molecule has 0 aliphatic rings. The standard InChI is InChI=1S/C31H39N3O7/c1-31(2,3)41-30(39)34-26(18-12-20-32-29(38)40-22-24-15-8-5-9-16-24)28(37)33-25(17-10-11-19-27(35)36)21-23-13-6-4-7-14-23/h4-11,13-17,19,25-26H,12,18,20-22H2,1-3H3,(H,32,38)(H,33,37)(H,34,39)(H,35,36). The molecule has 220 valence electrons. The van der Waals surface area contributed by atoms with E-state index >= 15 is 0 Å². The third kappa shape index (κ3) is 14.9. The second-order valence-electron chi connectivity index (χ2n) is 10.2. The highest BCUT2D eigenvalue weighted by atomic mass is 16.6. The summed E-state index contributed by atoms with van der Waals surface area (Å²) in [5.74, 6) is -1.53. The molecule has 2 unspecified atom stereocenters. The molecule has 0 aromatic heterocycles. The van der Waals surface area contributed by atoms with Gasteiger partial charge in [-0.3, -0.25) is 4.79 Å². The third-order valence-electron chi connectivity index (χ3n) is 5.48. The van der Waals surface area contributed by atoms with E-state index in [-0.39, 0.29) is 19.6 Å². The minimum atomic E-state index is -1.09. The fraction of sp³-hybridized carbons (Fsp3) is 0.355. The van der Waals surface area contributed by atoms with Crippen LogP contribution in [0.1, 0.15) is 44.7 Å². The van der Waals surface area contributed by atoms with Gasteiger partial charge in [0.1, 0.15) is 18.2 Å². The van der Waals surface area contributed by atoms with Crippen molar-refractivity contribution in [3.63, 3.8) is 0 Å². The summed E-state index contributed by atoms with van der Waals surface area (Å²) in [6.45, 7) is 5.52. The summed E-state index contributed by atoms with van der Waals surface area (Å²) in [6, 6.07) is 17.3. The number of carbonyl (C=O) groups excluding carboxylic acids is 3. The van der Waals surface area contributed by atoms with E-state index in [2.05, 4.69) is 16.0 Å². The monoisotopic (exact) mass is 565 g/mol. The molecule has 0 saturated carbocycles. The summed E-state index contributed by atoms with van der Waals surface area (Å²) in [5, 5.41) is 17.0. The fourth-order valence-electron chi connectivity index (χ4n) is 3.64. The predicted octanol–water partition coefficient (Wildman–Crippen LogP) is 4.51. The van der Waals surface area contributed by atoms with E-state index in [1.807, 2.05) is 60.7 Å². The van der Waals surface area contributed by atoms with Crippen LogP contribution in [-0.2, 0) is 32.1 Å². The number of nitrogens with one attached hydrogen (secondary N) is 3. The van der Waals surface area contributed by atoms with Gasteiger partial charge in [0.25, 0.3) is 0 Å². The van der Waals surface area contributed by atoms with Gasteiger partial charge in [-0.2, -0.15) is 0 Å². The molecule has 0 saturated heterocycles. The number of amides is 3. The molecule has 2 rings (SSSR count). The minimum Gasteiger partial charge on any atom is -0.478 e. The molecule has 0 fully saturated rings. The zero-order valence-corrected chi connectivity index (χ0v) is 23.7. The number of benzene rings is 2. The van der Waals surface area contributed by atoms with Crippen LogP contribution >= 0.6 is 0 Å². The number of carbonyl (C=O) groups is 4. The van der Waals surface area contributed by atoms with Crippen LogP contribution in [0.5, 0.6) is 0 Å². The molecule has 10 nitrogen and oxygen atoms in total. The number of hydrogen-bond acceptors (Lipinski definition) is 6. The van der Waals surface area contributed by atoms with Crippen LogP contribution in [0.25, 0.3) is 0 Å². The number of aliphatic carboxylic acids is 1. The van der Waals surface area contributed by atoms with Crippen LogP contribution in [0.3, 0.4) is 0 Å². The molecule has 0 aliphatic carbocycles. The van der Waals surface area contributed by atoms with Gasteiger partial charge in [-0.05, 0) is 51.2 Å². The Labute approximate surface area is 240 Å². The molecule has 3 amide bonds. The minimum absolute atomic E-state index is 0.135. The topological polar surface area (TPSA) is 143 Å². The Morgan fingerprint density at radius 3 is 2.12 bits per heavy atom. The van der Waals surface area contributed by atoms with Crippen molar-refractivity contribution in [1.29, 1.82) is 0 Å². The van der Waals surface area contributed by atoms with Gasteiger partial charge >= 0.3 is 18.2 Å². The molecule has 0 heterocycles. The maximum atomic E-state index is 13.3. The summed E-state index contributed by atoms with van der Waals surface area (Å²) >= 11 is 0. The highest BCUT2D eigenvalue weighted by Crippen LogP contribution is 2.10. The largest absolute Gasteiger partial charge is 0.478 e. The Balaban J connectivity index is 2.02. The average molecular weight is 566 g/mol. The van der Waals surface area contributed by atoms with E-state index in [9.17, 15) is 19.2 Å². The van der Waals surface area contributed by atoms with Gasteiger partial charge < -0.3 is 30.5 Å². The van der Waals surface area contributed by atoms with Crippen LogP contribution in [0.15, 0.2) is 85.0 Å². The number of carboxylic acids is 1. The van der Waals surface area contributed by atoms with E-state index in [0.29, 0.717) is 12.8 Å². The fourth-order valence-corrected chi connectivity index (χ4v) is 3.64. The maximum absolute atomic E-state index is 13.3. The molecule has 0 radical (unpaired) electrons. The lowest BCUT2D eigenvalue weighted by atomic mass is 10.0. The van der Waals surface area contributed by atoms with Crippen LogP contribution in [0, 0.1) is 0 Å². The van der Waals surface area contributed by atoms with Gasteiger partial charge in [0, 0.05) is 12.6 Å². The average Bonchev–Trinajstić information content (AvgIpc) is 2.91. The molecule has 41 heavy (non-hydrogen) atoms. The van der Waals surface area contributed by atoms with Crippen LogP contribution in [-0.4, -0.2) is 53.4 Å². The Kier molecular flexibility index (Phi) is 13.7. The van der Waals surface area contributed by atoms with Crippen molar-refractivity contribution in [3.8, 4) is 0 Å². The number of allylic oxidation sites excluding steroid dienone is 2. The van der Waals surface area contributed by atoms with Crippen molar-refractivity contribution in [2.24, 2.45) is 0 Å². The zero-order valence-electron chi connectivity index (χ0n) is 23.7. The number of ether oxygens (including phenoxy) is 2. The van der Waals surface area contributed by atoms with Crippen LogP contribution < -0.4 is 16.0 Å². The van der Waals surface area contributed by atoms with Crippen molar-refractivity contribution < 1.29 is 33.8 Å². The van der Waals surface area contributed by atoms with Crippen molar-refractivity contribution in [2.75, 3.05) is 6.54 Å². The summed E-state index contributed by atoms with van der Waals surface area (Å²) in [6.07, 6.45) is 5.28. The van der Waals surface area contributed by atoms with Crippen molar-refractivity contribution >= 4 is 24.1 Å². The number of rotatable bonds is 14. The Bertz CT molecular complexity index is 1180. The molecule has 2 atom stereocenters. The summed E-state index contributed by atoms with van der Waals surface area (Å²) < 4.78 is 10.5. The van der Waals surface area contributed by atoms with Gasteiger partial charge in [-0.1, -0.05) is 78.9 Å². The second-order valence-corrected chi connectivity index (χ2v) is 10.2. The van der Waals surface area contributed by atoms with E-state index < -0.39 is 41.7 Å². The number of hydrogen-bond donors (Lipinski definition) is 4. The molecule has 0 aliphatic heterocycles. The molecular weight excluding hydrogens is 526 g/mol. The highest BCUT2D eigenvalue weighted by Gasteiger charge is 2.25. The lowest BCUT2D eigenvalue weighted by molar-refractivity contribution is -0.131. The molecule has 0 bridgehead atoms. The molecule has 4 N–H and O–H groups in total. The van der Waals surface area contributed by atoms with E-state index in [4.69, 9.17) is 14.6 Å². The Morgan fingerprint density at radius 1 is 0.878 bits per heavy atom.